The highest BCUT2D eigenvalue weighted by Crippen LogP contribution is 2.30. The second-order valence-corrected chi connectivity index (χ2v) is 4.44. The monoisotopic (exact) mass is 313 g/mol. The van der Waals surface area contributed by atoms with Crippen LogP contribution >= 0.6 is 0 Å². The number of para-hydroxylation sites is 1. The van der Waals surface area contributed by atoms with Crippen molar-refractivity contribution in [3.05, 3.63) is 66.7 Å². The van der Waals surface area contributed by atoms with E-state index in [1.54, 1.807) is 24.3 Å². The van der Waals surface area contributed by atoms with Crippen LogP contribution in [0, 0.1) is 0 Å². The first-order valence-electron chi connectivity index (χ1n) is 6.75. The lowest BCUT2D eigenvalue weighted by atomic mass is 10.2. The Balaban J connectivity index is 2.27. The quantitative estimate of drug-likeness (QED) is 0.790. The fraction of sp³-hybridized carbons (Fsp3) is 0.0588. The molecule has 0 aliphatic heterocycles. The second-order valence-electron chi connectivity index (χ2n) is 4.44. The summed E-state index contributed by atoms with van der Waals surface area (Å²) in [4.78, 5) is 22.8. The Morgan fingerprint density at radius 1 is 1.17 bits per heavy atom. The number of amides is 1. The van der Waals surface area contributed by atoms with Gasteiger partial charge in [-0.05, 0) is 30.3 Å². The fourth-order valence-corrected chi connectivity index (χ4v) is 1.75. The topological polar surface area (TPSA) is 84.9 Å². The van der Waals surface area contributed by atoms with E-state index in [1.165, 1.54) is 24.3 Å². The van der Waals surface area contributed by atoms with Crippen molar-refractivity contribution in [3.63, 3.8) is 0 Å². The van der Waals surface area contributed by atoms with Crippen molar-refractivity contribution in [1.29, 1.82) is 0 Å². The van der Waals surface area contributed by atoms with Crippen molar-refractivity contribution in [2.24, 2.45) is 0 Å². The molecule has 0 aliphatic carbocycles. The minimum Gasteiger partial charge on any atom is -0.478 e. The first-order chi connectivity index (χ1) is 11.1. The van der Waals surface area contributed by atoms with E-state index in [4.69, 9.17) is 14.6 Å². The average molecular weight is 313 g/mol. The summed E-state index contributed by atoms with van der Waals surface area (Å²) in [5.41, 5.74) is 0.215. The van der Waals surface area contributed by atoms with E-state index < -0.39 is 12.1 Å². The van der Waals surface area contributed by atoms with E-state index in [0.717, 1.165) is 0 Å². The molecule has 0 atom stereocenters. The maximum Gasteiger partial charge on any atom is 0.412 e. The SMILES string of the molecule is C=CCOC(=O)Nc1cc(C(=O)O)ccc1Oc1ccccc1. The summed E-state index contributed by atoms with van der Waals surface area (Å²) in [5, 5.41) is 11.5. The van der Waals surface area contributed by atoms with Crippen LogP contribution in [-0.4, -0.2) is 23.8 Å². The van der Waals surface area contributed by atoms with Crippen molar-refractivity contribution in [2.75, 3.05) is 11.9 Å². The maximum atomic E-state index is 11.7. The third-order valence-corrected chi connectivity index (χ3v) is 2.77. The molecule has 0 fully saturated rings. The molecular formula is C17H15NO5. The highest BCUT2D eigenvalue weighted by molar-refractivity contribution is 5.93. The number of carbonyl (C=O) groups is 2. The largest absolute Gasteiger partial charge is 0.478 e. The van der Waals surface area contributed by atoms with Crippen molar-refractivity contribution < 1.29 is 24.2 Å². The summed E-state index contributed by atoms with van der Waals surface area (Å²) in [7, 11) is 0. The Morgan fingerprint density at radius 3 is 2.57 bits per heavy atom. The Morgan fingerprint density at radius 2 is 1.91 bits per heavy atom. The molecule has 0 radical (unpaired) electrons. The smallest absolute Gasteiger partial charge is 0.412 e. The third kappa shape index (κ3) is 4.60. The van der Waals surface area contributed by atoms with Gasteiger partial charge in [-0.2, -0.15) is 0 Å². The minimum absolute atomic E-state index is 0.0180. The normalized spacial score (nSPS) is 9.74. The number of anilines is 1. The molecule has 6 nitrogen and oxygen atoms in total. The van der Waals surface area contributed by atoms with Gasteiger partial charge in [-0.25, -0.2) is 9.59 Å². The lowest BCUT2D eigenvalue weighted by Gasteiger charge is -2.13. The molecule has 0 aliphatic rings. The molecule has 0 unspecified atom stereocenters. The van der Waals surface area contributed by atoms with Gasteiger partial charge in [0.05, 0.1) is 11.3 Å². The summed E-state index contributed by atoms with van der Waals surface area (Å²) in [6, 6.07) is 13.1. The number of hydrogen-bond acceptors (Lipinski definition) is 4. The van der Waals surface area contributed by atoms with Crippen molar-refractivity contribution in [3.8, 4) is 11.5 Å². The van der Waals surface area contributed by atoms with Gasteiger partial charge in [0.25, 0.3) is 0 Å². The fourth-order valence-electron chi connectivity index (χ4n) is 1.75. The summed E-state index contributed by atoms with van der Waals surface area (Å²) < 4.78 is 10.5. The maximum absolute atomic E-state index is 11.7. The average Bonchev–Trinajstić information content (AvgIpc) is 2.55. The van der Waals surface area contributed by atoms with Crippen LogP contribution in [0.5, 0.6) is 11.5 Å². The summed E-state index contributed by atoms with van der Waals surface area (Å²) in [5.74, 6) is -0.256. The Labute approximate surface area is 133 Å². The summed E-state index contributed by atoms with van der Waals surface area (Å²) in [6.45, 7) is 3.48. The van der Waals surface area contributed by atoms with Crippen molar-refractivity contribution in [2.45, 2.75) is 0 Å². The van der Waals surface area contributed by atoms with Gasteiger partial charge in [0.1, 0.15) is 12.4 Å². The highest BCUT2D eigenvalue weighted by Gasteiger charge is 2.13. The first kappa shape index (κ1) is 16.1. The van der Waals surface area contributed by atoms with Crippen LogP contribution < -0.4 is 10.1 Å². The molecule has 0 saturated carbocycles. The van der Waals surface area contributed by atoms with E-state index in [1.807, 2.05) is 6.07 Å². The highest BCUT2D eigenvalue weighted by atomic mass is 16.5. The van der Waals surface area contributed by atoms with Crippen LogP contribution in [0.15, 0.2) is 61.2 Å². The molecule has 0 heterocycles. The Bertz CT molecular complexity index is 712. The van der Waals surface area contributed by atoms with Gasteiger partial charge < -0.3 is 14.6 Å². The molecule has 0 spiro atoms. The van der Waals surface area contributed by atoms with E-state index in [9.17, 15) is 9.59 Å². The number of nitrogens with one attached hydrogen (secondary N) is 1. The van der Waals surface area contributed by atoms with E-state index in [-0.39, 0.29) is 17.9 Å². The van der Waals surface area contributed by atoms with Gasteiger partial charge in [-0.1, -0.05) is 30.9 Å². The van der Waals surface area contributed by atoms with Crippen LogP contribution in [-0.2, 0) is 4.74 Å². The first-order valence-corrected chi connectivity index (χ1v) is 6.75. The van der Waals surface area contributed by atoms with Gasteiger partial charge in [-0.15, -0.1) is 0 Å². The predicted octanol–water partition coefficient (Wildman–Crippen LogP) is 3.91. The van der Waals surface area contributed by atoms with E-state index in [2.05, 4.69) is 11.9 Å². The molecule has 1 amide bonds. The molecule has 6 heteroatoms. The number of carboxylic acid groups (broad SMARTS) is 1. The number of ether oxygens (including phenoxy) is 2. The Kier molecular flexibility index (Phi) is 5.35. The van der Waals surface area contributed by atoms with Gasteiger partial charge in [0.2, 0.25) is 0 Å². The van der Waals surface area contributed by atoms with Crippen molar-refractivity contribution in [1.82, 2.24) is 0 Å². The zero-order valence-electron chi connectivity index (χ0n) is 12.2. The van der Waals surface area contributed by atoms with E-state index >= 15 is 0 Å². The van der Waals surface area contributed by atoms with E-state index in [0.29, 0.717) is 11.5 Å². The zero-order chi connectivity index (χ0) is 16.7. The summed E-state index contributed by atoms with van der Waals surface area (Å²) in [6.07, 6.45) is 0.694. The lowest BCUT2D eigenvalue weighted by molar-refractivity contribution is 0.0696. The zero-order valence-corrected chi connectivity index (χ0v) is 12.2. The van der Waals surface area contributed by atoms with Gasteiger partial charge in [-0.3, -0.25) is 5.32 Å². The number of aromatic carboxylic acids is 1. The molecular weight excluding hydrogens is 298 g/mol. The molecule has 118 valence electrons. The van der Waals surface area contributed by atoms with Crippen LogP contribution in [0.1, 0.15) is 10.4 Å². The molecule has 23 heavy (non-hydrogen) atoms. The van der Waals surface area contributed by atoms with Gasteiger partial charge in [0, 0.05) is 0 Å². The predicted molar refractivity (Wildman–Crippen MR) is 85.1 cm³/mol. The molecule has 2 N–H and O–H groups in total. The second kappa shape index (κ2) is 7.65. The number of carboxylic acids is 1. The van der Waals surface area contributed by atoms with Gasteiger partial charge in [0.15, 0.2) is 5.75 Å². The lowest BCUT2D eigenvalue weighted by Crippen LogP contribution is -2.14. The molecule has 0 aromatic heterocycles. The molecule has 2 rings (SSSR count). The van der Waals surface area contributed by atoms with Crippen molar-refractivity contribution >= 4 is 17.7 Å². The molecule has 0 bridgehead atoms. The number of benzene rings is 2. The number of rotatable bonds is 6. The molecule has 2 aromatic rings. The number of hydrogen-bond donors (Lipinski definition) is 2. The minimum atomic E-state index is -1.11. The van der Waals surface area contributed by atoms with Crippen LogP contribution in [0.25, 0.3) is 0 Å². The number of carbonyl (C=O) groups excluding carboxylic acids is 1. The molecule has 0 saturated heterocycles. The summed E-state index contributed by atoms with van der Waals surface area (Å²) >= 11 is 0. The standard InChI is InChI=1S/C17H15NO5/c1-2-10-22-17(21)18-14-11-12(16(19)20)8-9-15(14)23-13-6-4-3-5-7-13/h2-9,11H,1,10H2,(H,18,21)(H,19,20). The van der Waals surface area contributed by atoms with Crippen LogP contribution in [0.2, 0.25) is 0 Å². The third-order valence-electron chi connectivity index (χ3n) is 2.77. The van der Waals surface area contributed by atoms with Crippen LogP contribution in [0.4, 0.5) is 10.5 Å². The van der Waals surface area contributed by atoms with Gasteiger partial charge >= 0.3 is 12.1 Å². The Hall–Kier alpha value is -3.28. The molecule has 2 aromatic carbocycles. The van der Waals surface area contributed by atoms with Crippen LogP contribution in [0.3, 0.4) is 0 Å².